The number of hydrogen-bond acceptors (Lipinski definition) is 3. The Balaban J connectivity index is 1.93. The van der Waals surface area contributed by atoms with Gasteiger partial charge in [0, 0.05) is 6.54 Å². The maximum absolute atomic E-state index is 13.4. The number of nitro benzene ring substituents is 1. The summed E-state index contributed by atoms with van der Waals surface area (Å²) in [6, 6.07) is 2.52. The molecule has 0 saturated heterocycles. The van der Waals surface area contributed by atoms with Gasteiger partial charge in [0.1, 0.15) is 11.5 Å². The van der Waals surface area contributed by atoms with Gasteiger partial charge in [-0.05, 0) is 36.8 Å². The average Bonchev–Trinajstić information content (AvgIpc) is 2.44. The zero-order chi connectivity index (χ0) is 15.4. The van der Waals surface area contributed by atoms with Gasteiger partial charge in [0.15, 0.2) is 0 Å². The molecular weight excluding hydrogens is 271 g/mol. The van der Waals surface area contributed by atoms with Crippen LogP contribution in [0.25, 0.3) is 0 Å². The molecule has 0 aliphatic heterocycles. The monoisotopic (exact) mass is 294 g/mol. The molecule has 0 bridgehead atoms. The van der Waals surface area contributed by atoms with Gasteiger partial charge in [0.25, 0.3) is 5.69 Å². The summed E-state index contributed by atoms with van der Waals surface area (Å²) in [5, 5.41) is 14.1. The summed E-state index contributed by atoms with van der Waals surface area (Å²) in [6.07, 6.45) is 6.06. The first-order valence-electron chi connectivity index (χ1n) is 7.65. The minimum atomic E-state index is -0.535. The SMILES string of the molecule is Cc1cc(NCCC2CCC(C)CC2)c([N+](=O)[O-])cc1F. The summed E-state index contributed by atoms with van der Waals surface area (Å²) >= 11 is 0. The van der Waals surface area contributed by atoms with Crippen molar-refractivity contribution in [3.05, 3.63) is 33.6 Å². The highest BCUT2D eigenvalue weighted by Gasteiger charge is 2.19. The van der Waals surface area contributed by atoms with Crippen LogP contribution in [-0.4, -0.2) is 11.5 Å². The van der Waals surface area contributed by atoms with Crippen molar-refractivity contribution in [1.82, 2.24) is 0 Å². The Hall–Kier alpha value is -1.65. The minimum Gasteiger partial charge on any atom is -0.379 e. The maximum Gasteiger partial charge on any atom is 0.295 e. The van der Waals surface area contributed by atoms with E-state index in [2.05, 4.69) is 12.2 Å². The van der Waals surface area contributed by atoms with Gasteiger partial charge in [0.05, 0.1) is 11.0 Å². The number of anilines is 1. The predicted octanol–water partition coefficient (Wildman–Crippen LogP) is 4.67. The van der Waals surface area contributed by atoms with Crippen LogP contribution in [0.2, 0.25) is 0 Å². The third-order valence-electron chi connectivity index (χ3n) is 4.48. The van der Waals surface area contributed by atoms with Crippen molar-refractivity contribution in [2.75, 3.05) is 11.9 Å². The van der Waals surface area contributed by atoms with Crippen molar-refractivity contribution in [2.24, 2.45) is 11.8 Å². The number of aryl methyl sites for hydroxylation is 1. The van der Waals surface area contributed by atoms with Gasteiger partial charge in [-0.25, -0.2) is 4.39 Å². The van der Waals surface area contributed by atoms with Gasteiger partial charge in [-0.2, -0.15) is 0 Å². The normalized spacial score (nSPS) is 22.0. The number of nitro groups is 1. The van der Waals surface area contributed by atoms with E-state index >= 15 is 0 Å². The molecule has 1 aromatic carbocycles. The van der Waals surface area contributed by atoms with E-state index in [-0.39, 0.29) is 5.69 Å². The number of nitrogens with one attached hydrogen (secondary N) is 1. The van der Waals surface area contributed by atoms with Crippen molar-refractivity contribution in [3.63, 3.8) is 0 Å². The van der Waals surface area contributed by atoms with E-state index < -0.39 is 10.7 Å². The van der Waals surface area contributed by atoms with Crippen LogP contribution in [0, 0.1) is 34.7 Å². The Bertz CT molecular complexity index is 511. The molecule has 0 amide bonds. The Kier molecular flexibility index (Phi) is 5.15. The van der Waals surface area contributed by atoms with Crippen molar-refractivity contribution < 1.29 is 9.31 Å². The highest BCUT2D eigenvalue weighted by molar-refractivity contribution is 5.63. The molecule has 116 valence electrons. The first-order chi connectivity index (χ1) is 9.97. The number of rotatable bonds is 5. The number of halogens is 1. The molecule has 0 unspecified atom stereocenters. The maximum atomic E-state index is 13.4. The fourth-order valence-corrected chi connectivity index (χ4v) is 2.99. The van der Waals surface area contributed by atoms with Crippen LogP contribution >= 0.6 is 0 Å². The second-order valence-electron chi connectivity index (χ2n) is 6.22. The van der Waals surface area contributed by atoms with Crippen LogP contribution in [0.1, 0.15) is 44.6 Å². The molecule has 1 aliphatic carbocycles. The van der Waals surface area contributed by atoms with Crippen LogP contribution in [0.5, 0.6) is 0 Å². The Morgan fingerprint density at radius 1 is 1.33 bits per heavy atom. The molecular formula is C16H23FN2O2. The molecule has 2 rings (SSSR count). The van der Waals surface area contributed by atoms with Crippen LogP contribution in [-0.2, 0) is 0 Å². The molecule has 0 heterocycles. The van der Waals surface area contributed by atoms with E-state index in [1.54, 1.807) is 6.92 Å². The van der Waals surface area contributed by atoms with Crippen LogP contribution in [0.15, 0.2) is 12.1 Å². The van der Waals surface area contributed by atoms with Gasteiger partial charge < -0.3 is 5.32 Å². The molecule has 21 heavy (non-hydrogen) atoms. The fraction of sp³-hybridized carbons (Fsp3) is 0.625. The molecule has 0 radical (unpaired) electrons. The van der Waals surface area contributed by atoms with Gasteiger partial charge in [0.2, 0.25) is 0 Å². The van der Waals surface area contributed by atoms with E-state index in [1.807, 2.05) is 0 Å². The smallest absolute Gasteiger partial charge is 0.295 e. The lowest BCUT2D eigenvalue weighted by molar-refractivity contribution is -0.384. The molecule has 1 saturated carbocycles. The van der Waals surface area contributed by atoms with E-state index in [0.29, 0.717) is 23.7 Å². The molecule has 1 N–H and O–H groups in total. The van der Waals surface area contributed by atoms with Crippen LogP contribution in [0.4, 0.5) is 15.8 Å². The van der Waals surface area contributed by atoms with Crippen molar-refractivity contribution in [3.8, 4) is 0 Å². The molecule has 0 spiro atoms. The number of nitrogens with zero attached hydrogens (tertiary/aromatic N) is 1. The Labute approximate surface area is 124 Å². The zero-order valence-corrected chi connectivity index (χ0v) is 12.7. The molecule has 1 aliphatic rings. The Morgan fingerprint density at radius 3 is 2.62 bits per heavy atom. The molecule has 4 nitrogen and oxygen atoms in total. The van der Waals surface area contributed by atoms with E-state index in [1.165, 1.54) is 31.7 Å². The predicted molar refractivity (Wildman–Crippen MR) is 82.0 cm³/mol. The summed E-state index contributed by atoms with van der Waals surface area (Å²) in [5.74, 6) is 0.998. The summed E-state index contributed by atoms with van der Waals surface area (Å²) in [4.78, 5) is 10.5. The molecule has 0 aromatic heterocycles. The lowest BCUT2D eigenvalue weighted by Crippen LogP contribution is -2.16. The van der Waals surface area contributed by atoms with E-state index in [4.69, 9.17) is 0 Å². The summed E-state index contributed by atoms with van der Waals surface area (Å²) in [7, 11) is 0. The molecule has 0 atom stereocenters. The Morgan fingerprint density at radius 2 is 2.00 bits per heavy atom. The van der Waals surface area contributed by atoms with Gasteiger partial charge in [-0.1, -0.05) is 32.6 Å². The first-order valence-corrected chi connectivity index (χ1v) is 7.65. The topological polar surface area (TPSA) is 55.2 Å². The van der Waals surface area contributed by atoms with Gasteiger partial charge in [-0.15, -0.1) is 0 Å². The lowest BCUT2D eigenvalue weighted by atomic mass is 9.81. The highest BCUT2D eigenvalue weighted by atomic mass is 19.1. The summed E-state index contributed by atoms with van der Waals surface area (Å²) < 4.78 is 13.4. The van der Waals surface area contributed by atoms with E-state index in [9.17, 15) is 14.5 Å². The summed E-state index contributed by atoms with van der Waals surface area (Å²) in [5.41, 5.74) is 0.660. The van der Waals surface area contributed by atoms with Crippen molar-refractivity contribution in [1.29, 1.82) is 0 Å². The third-order valence-corrected chi connectivity index (χ3v) is 4.48. The van der Waals surface area contributed by atoms with Crippen molar-refractivity contribution >= 4 is 11.4 Å². The lowest BCUT2D eigenvalue weighted by Gasteiger charge is -2.26. The van der Waals surface area contributed by atoms with Gasteiger partial charge in [-0.3, -0.25) is 10.1 Å². The standard InChI is InChI=1S/C16H23FN2O2/c1-11-3-5-13(6-4-11)7-8-18-15-9-12(2)14(17)10-16(15)19(20)21/h9-11,13,18H,3-8H2,1-2H3. The average molecular weight is 294 g/mol. The third kappa shape index (κ3) is 4.16. The van der Waals surface area contributed by atoms with Crippen LogP contribution in [0.3, 0.4) is 0 Å². The molecule has 1 fully saturated rings. The largest absolute Gasteiger partial charge is 0.379 e. The number of hydrogen-bond donors (Lipinski definition) is 1. The van der Waals surface area contributed by atoms with Crippen molar-refractivity contribution in [2.45, 2.75) is 46.0 Å². The van der Waals surface area contributed by atoms with Crippen LogP contribution < -0.4 is 5.32 Å². The quantitative estimate of drug-likeness (QED) is 0.634. The molecule has 5 heteroatoms. The second kappa shape index (κ2) is 6.87. The zero-order valence-electron chi connectivity index (χ0n) is 12.7. The second-order valence-corrected chi connectivity index (χ2v) is 6.22. The summed E-state index contributed by atoms with van der Waals surface area (Å²) in [6.45, 7) is 4.61. The van der Waals surface area contributed by atoms with Gasteiger partial charge >= 0.3 is 0 Å². The number of benzene rings is 1. The van der Waals surface area contributed by atoms with E-state index in [0.717, 1.165) is 18.4 Å². The fourth-order valence-electron chi connectivity index (χ4n) is 2.99. The molecule has 1 aromatic rings. The first kappa shape index (κ1) is 15.7. The minimum absolute atomic E-state index is 0.185. The highest BCUT2D eigenvalue weighted by Crippen LogP contribution is 2.31.